The summed E-state index contributed by atoms with van der Waals surface area (Å²) in [5.74, 6) is -1.40. The number of hydrogen-bond donors (Lipinski definition) is 1. The van der Waals surface area contributed by atoms with Gasteiger partial charge in [-0.2, -0.15) is 0 Å². The van der Waals surface area contributed by atoms with Gasteiger partial charge in [-0.15, -0.1) is 13.2 Å². The van der Waals surface area contributed by atoms with Gasteiger partial charge in [0.1, 0.15) is 5.75 Å². The molecule has 0 saturated carbocycles. The summed E-state index contributed by atoms with van der Waals surface area (Å²) in [6.07, 6.45) is -4.47. The van der Waals surface area contributed by atoms with Crippen LogP contribution in [0.2, 0.25) is 5.02 Å². The second kappa shape index (κ2) is 8.42. The zero-order valence-electron chi connectivity index (χ0n) is 18.0. The van der Waals surface area contributed by atoms with Crippen LogP contribution in [-0.2, 0) is 16.4 Å². The summed E-state index contributed by atoms with van der Waals surface area (Å²) in [6, 6.07) is 13.1. The van der Waals surface area contributed by atoms with Gasteiger partial charge in [-0.05, 0) is 66.6 Å². The Bertz CT molecular complexity index is 1700. The van der Waals surface area contributed by atoms with E-state index in [4.69, 9.17) is 11.6 Å². The molecular weight excluding hydrogens is 523 g/mol. The minimum atomic E-state index is -4.95. The monoisotopic (exact) mass is 537 g/mol. The van der Waals surface area contributed by atoms with Crippen LogP contribution in [0.4, 0.5) is 18.9 Å². The molecule has 0 fully saturated rings. The highest BCUT2D eigenvalue weighted by Gasteiger charge is 2.32. The Morgan fingerprint density at radius 1 is 1.06 bits per heavy atom. The maximum absolute atomic E-state index is 13.4. The van der Waals surface area contributed by atoms with Gasteiger partial charge in [0.05, 0.1) is 21.5 Å². The van der Waals surface area contributed by atoms with Gasteiger partial charge < -0.3 is 4.74 Å². The molecule has 5 rings (SSSR count). The van der Waals surface area contributed by atoms with Crippen LogP contribution in [0.5, 0.6) is 5.75 Å². The summed E-state index contributed by atoms with van der Waals surface area (Å²) in [5.41, 5.74) is 0.396. The number of benzene rings is 3. The molecular formula is C23H15ClF3N3O5S. The minimum absolute atomic E-state index is 0.00173. The van der Waals surface area contributed by atoms with Gasteiger partial charge in [0, 0.05) is 17.1 Å². The smallest absolute Gasteiger partial charge is 0.406 e. The van der Waals surface area contributed by atoms with E-state index in [9.17, 15) is 31.2 Å². The molecule has 1 aromatic heterocycles. The molecule has 0 unspecified atom stereocenters. The van der Waals surface area contributed by atoms with Crippen molar-refractivity contribution in [1.82, 2.24) is 9.78 Å². The van der Waals surface area contributed by atoms with Crippen LogP contribution in [-0.4, -0.2) is 37.0 Å². The number of ether oxygens (including phenoxy) is 1. The summed E-state index contributed by atoms with van der Waals surface area (Å²) in [5, 5.41) is 2.56. The first-order valence-electron chi connectivity index (χ1n) is 10.4. The second-order valence-electron chi connectivity index (χ2n) is 7.94. The highest BCUT2D eigenvalue weighted by molar-refractivity contribution is 7.92. The average molecular weight is 538 g/mol. The third-order valence-corrected chi connectivity index (χ3v) is 7.71. The van der Waals surface area contributed by atoms with E-state index in [2.05, 4.69) is 9.84 Å². The third-order valence-electron chi connectivity index (χ3n) is 5.67. The summed E-state index contributed by atoms with van der Waals surface area (Å²) >= 11 is 6.01. The number of sulfonamides is 1. The molecule has 0 atom stereocenters. The van der Waals surface area contributed by atoms with Gasteiger partial charge >= 0.3 is 6.36 Å². The molecule has 36 heavy (non-hydrogen) atoms. The zero-order valence-corrected chi connectivity index (χ0v) is 19.6. The SMILES string of the molecule is O=C(c1cccc(S(=O)(=O)N2CCc3cc(Cl)ccc32)c1)n1[nH]c(=O)c2cc(OC(F)(F)F)ccc21. The van der Waals surface area contributed by atoms with Crippen molar-refractivity contribution in [2.75, 3.05) is 10.8 Å². The maximum Gasteiger partial charge on any atom is 0.573 e. The first-order chi connectivity index (χ1) is 16.9. The Morgan fingerprint density at radius 3 is 2.58 bits per heavy atom. The maximum atomic E-state index is 13.4. The molecule has 0 saturated heterocycles. The number of anilines is 1. The van der Waals surface area contributed by atoms with E-state index in [1.54, 1.807) is 18.2 Å². The second-order valence-corrected chi connectivity index (χ2v) is 10.2. The number of aromatic nitrogens is 2. The van der Waals surface area contributed by atoms with Crippen molar-refractivity contribution in [2.24, 2.45) is 0 Å². The number of aromatic amines is 1. The summed E-state index contributed by atoms with van der Waals surface area (Å²) in [7, 11) is -4.03. The number of hydrogen-bond acceptors (Lipinski definition) is 5. The molecule has 3 aromatic carbocycles. The van der Waals surface area contributed by atoms with Crippen molar-refractivity contribution in [3.05, 3.63) is 87.2 Å². The lowest BCUT2D eigenvalue weighted by atomic mass is 10.2. The van der Waals surface area contributed by atoms with Crippen molar-refractivity contribution in [3.8, 4) is 5.75 Å². The Balaban J connectivity index is 1.50. The van der Waals surface area contributed by atoms with Gasteiger partial charge in [0.15, 0.2) is 0 Å². The number of alkyl halides is 3. The quantitative estimate of drug-likeness (QED) is 0.418. The molecule has 4 aromatic rings. The van der Waals surface area contributed by atoms with Crippen LogP contribution in [0.25, 0.3) is 10.9 Å². The number of H-pyrrole nitrogens is 1. The predicted molar refractivity (Wildman–Crippen MR) is 125 cm³/mol. The van der Waals surface area contributed by atoms with Crippen molar-refractivity contribution in [1.29, 1.82) is 0 Å². The molecule has 0 radical (unpaired) electrons. The normalized spacial score (nSPS) is 13.7. The molecule has 0 aliphatic carbocycles. The highest BCUT2D eigenvalue weighted by atomic mass is 35.5. The summed E-state index contributed by atoms with van der Waals surface area (Å²) in [4.78, 5) is 25.4. The Morgan fingerprint density at radius 2 is 1.83 bits per heavy atom. The van der Waals surface area contributed by atoms with Gasteiger partial charge in [-0.1, -0.05) is 17.7 Å². The molecule has 1 N–H and O–H groups in total. The first kappa shape index (κ1) is 23.9. The number of halogens is 4. The molecule has 0 bridgehead atoms. The van der Waals surface area contributed by atoms with Crippen LogP contribution in [0.3, 0.4) is 0 Å². The Hall–Kier alpha value is -3.77. The summed E-state index contributed by atoms with van der Waals surface area (Å²) < 4.78 is 70.2. The number of carbonyl (C=O) groups excluding carboxylic acids is 1. The fourth-order valence-electron chi connectivity index (χ4n) is 4.11. The number of fused-ring (bicyclic) bond motifs is 2. The molecule has 13 heteroatoms. The van der Waals surface area contributed by atoms with Gasteiger partial charge in [-0.25, -0.2) is 13.1 Å². The molecule has 186 valence electrons. The van der Waals surface area contributed by atoms with Crippen LogP contribution < -0.4 is 14.6 Å². The van der Waals surface area contributed by atoms with Crippen LogP contribution in [0, 0.1) is 0 Å². The Kier molecular flexibility index (Phi) is 5.60. The number of carbonyl (C=O) groups is 1. The molecule has 0 amide bonds. The van der Waals surface area contributed by atoms with Gasteiger partial charge in [0.25, 0.3) is 21.5 Å². The number of nitrogens with zero attached hydrogens (tertiary/aromatic N) is 2. The van der Waals surface area contributed by atoms with Crippen LogP contribution in [0.1, 0.15) is 15.9 Å². The van der Waals surface area contributed by atoms with E-state index in [-0.39, 0.29) is 27.9 Å². The molecule has 1 aliphatic heterocycles. The van der Waals surface area contributed by atoms with Crippen molar-refractivity contribution < 1.29 is 31.1 Å². The molecule has 8 nitrogen and oxygen atoms in total. The predicted octanol–water partition coefficient (Wildman–Crippen LogP) is 4.32. The summed E-state index contributed by atoms with van der Waals surface area (Å²) in [6.45, 7) is 0.202. The first-order valence-corrected chi connectivity index (χ1v) is 12.2. The highest BCUT2D eigenvalue weighted by Crippen LogP contribution is 2.35. The fraction of sp³-hybridized carbons (Fsp3) is 0.130. The average Bonchev–Trinajstić information content (AvgIpc) is 3.38. The van der Waals surface area contributed by atoms with E-state index in [1.807, 2.05) is 0 Å². The van der Waals surface area contributed by atoms with E-state index in [1.165, 1.54) is 28.6 Å². The van der Waals surface area contributed by atoms with Crippen LogP contribution >= 0.6 is 11.6 Å². The topological polar surface area (TPSA) is 101 Å². The molecule has 2 heterocycles. The fourth-order valence-corrected chi connectivity index (χ4v) is 5.85. The van der Waals surface area contributed by atoms with Gasteiger partial charge in [-0.3, -0.25) is 19.0 Å². The molecule has 0 spiro atoms. The van der Waals surface area contributed by atoms with Crippen molar-refractivity contribution in [2.45, 2.75) is 17.7 Å². The lowest BCUT2D eigenvalue weighted by Gasteiger charge is -2.20. The van der Waals surface area contributed by atoms with Crippen LogP contribution in [0.15, 0.2) is 70.4 Å². The minimum Gasteiger partial charge on any atom is -0.406 e. The lowest BCUT2D eigenvalue weighted by molar-refractivity contribution is -0.274. The van der Waals surface area contributed by atoms with E-state index in [0.717, 1.165) is 28.4 Å². The number of nitrogens with one attached hydrogen (secondary N) is 1. The molecule has 1 aliphatic rings. The van der Waals surface area contributed by atoms with E-state index < -0.39 is 33.6 Å². The van der Waals surface area contributed by atoms with E-state index >= 15 is 0 Å². The Labute approximate surface area is 206 Å². The third kappa shape index (κ3) is 4.22. The number of rotatable bonds is 4. The van der Waals surface area contributed by atoms with Gasteiger partial charge in [0.2, 0.25) is 0 Å². The lowest BCUT2D eigenvalue weighted by Crippen LogP contribution is -2.29. The van der Waals surface area contributed by atoms with E-state index in [0.29, 0.717) is 17.1 Å². The largest absolute Gasteiger partial charge is 0.573 e. The van der Waals surface area contributed by atoms with Crippen molar-refractivity contribution in [3.63, 3.8) is 0 Å². The zero-order chi connectivity index (χ0) is 25.8. The standard InChI is InChI=1S/C23H15ClF3N3O5S/c24-15-4-6-19-13(10-15)8-9-29(19)36(33,34)17-3-1-2-14(11-17)22(32)30-20-7-5-16(35-23(25,26)27)12-18(20)21(31)28-30/h1-7,10-12H,8-9H2,(H,28,31). The van der Waals surface area contributed by atoms with Crippen molar-refractivity contribution >= 4 is 44.1 Å².